The number of carbonyl (C=O) groups excluding carboxylic acids is 3. The Bertz CT molecular complexity index is 1330. The molecule has 0 saturated carbocycles. The van der Waals surface area contributed by atoms with E-state index in [1.165, 1.54) is 24.3 Å². The molecule has 3 aromatic rings. The van der Waals surface area contributed by atoms with Crippen LogP contribution in [0.4, 0.5) is 5.69 Å². The van der Waals surface area contributed by atoms with Gasteiger partial charge in [0.2, 0.25) is 15.9 Å². The summed E-state index contributed by atoms with van der Waals surface area (Å²) in [7, 11) is -3.68. The summed E-state index contributed by atoms with van der Waals surface area (Å²) < 4.78 is 27.2. The van der Waals surface area contributed by atoms with E-state index in [0.717, 1.165) is 10.5 Å². The Morgan fingerprint density at radius 1 is 0.829 bits per heavy atom. The van der Waals surface area contributed by atoms with E-state index < -0.39 is 33.8 Å². The number of benzene rings is 3. The molecule has 0 saturated heterocycles. The number of anilines is 1. The van der Waals surface area contributed by atoms with E-state index in [1.807, 2.05) is 30.3 Å². The van der Waals surface area contributed by atoms with Crippen molar-refractivity contribution in [2.45, 2.75) is 37.2 Å². The largest absolute Gasteiger partial charge is 0.324 e. The van der Waals surface area contributed by atoms with E-state index in [9.17, 15) is 22.8 Å². The number of rotatable bonds is 8. The molecule has 8 nitrogen and oxygen atoms in total. The molecule has 9 heteroatoms. The van der Waals surface area contributed by atoms with E-state index in [4.69, 9.17) is 0 Å². The molecule has 1 aliphatic rings. The second-order valence-corrected chi connectivity index (χ2v) is 10.2. The van der Waals surface area contributed by atoms with Crippen LogP contribution in [-0.2, 0) is 21.2 Å². The van der Waals surface area contributed by atoms with Crippen molar-refractivity contribution in [2.75, 3.05) is 5.32 Å². The normalized spacial score (nSPS) is 14.2. The highest BCUT2D eigenvalue weighted by Crippen LogP contribution is 2.27. The Kier molecular flexibility index (Phi) is 6.81. The number of fused-ring (bicyclic) bond motifs is 1. The molecule has 3 amide bonds. The van der Waals surface area contributed by atoms with Gasteiger partial charge in [-0.15, -0.1) is 0 Å². The molecule has 0 spiro atoms. The fourth-order valence-electron chi connectivity index (χ4n) is 3.95. The second-order valence-electron chi connectivity index (χ2n) is 8.52. The highest BCUT2D eigenvalue weighted by Gasteiger charge is 2.42. The van der Waals surface area contributed by atoms with Crippen LogP contribution in [0.5, 0.6) is 0 Å². The van der Waals surface area contributed by atoms with Gasteiger partial charge in [-0.2, -0.15) is 0 Å². The minimum absolute atomic E-state index is 0.0605. The van der Waals surface area contributed by atoms with Crippen molar-refractivity contribution in [2.24, 2.45) is 0 Å². The Labute approximate surface area is 204 Å². The van der Waals surface area contributed by atoms with Crippen LogP contribution in [0.3, 0.4) is 0 Å². The van der Waals surface area contributed by atoms with Gasteiger partial charge in [-0.05, 0) is 55.8 Å². The number of amides is 3. The van der Waals surface area contributed by atoms with Crippen LogP contribution in [0.25, 0.3) is 0 Å². The maximum Gasteiger partial charge on any atom is 0.262 e. The van der Waals surface area contributed by atoms with Gasteiger partial charge in [0.05, 0.1) is 16.0 Å². The SMILES string of the molecule is CC(C)NS(=O)(=O)c1ccc(NC(=O)[C@H](Cc2ccccc2)N2C(=O)c3ccccc3C2=O)cc1. The number of nitrogens with zero attached hydrogens (tertiary/aromatic N) is 1. The molecule has 0 fully saturated rings. The van der Waals surface area contributed by atoms with Crippen molar-refractivity contribution in [3.63, 3.8) is 0 Å². The predicted molar refractivity (Wildman–Crippen MR) is 131 cm³/mol. The zero-order valence-electron chi connectivity index (χ0n) is 19.3. The molecule has 3 aromatic carbocycles. The van der Waals surface area contributed by atoms with Gasteiger partial charge in [0, 0.05) is 18.2 Å². The van der Waals surface area contributed by atoms with Crippen molar-refractivity contribution in [3.05, 3.63) is 95.6 Å². The Morgan fingerprint density at radius 3 is 1.91 bits per heavy atom. The monoisotopic (exact) mass is 491 g/mol. The molecule has 0 bridgehead atoms. The zero-order valence-corrected chi connectivity index (χ0v) is 20.1. The molecule has 180 valence electrons. The first-order valence-electron chi connectivity index (χ1n) is 11.1. The summed E-state index contributed by atoms with van der Waals surface area (Å²) >= 11 is 0. The van der Waals surface area contributed by atoms with E-state index in [0.29, 0.717) is 5.69 Å². The van der Waals surface area contributed by atoms with Gasteiger partial charge in [0.25, 0.3) is 11.8 Å². The number of hydrogen-bond acceptors (Lipinski definition) is 5. The lowest BCUT2D eigenvalue weighted by Gasteiger charge is -2.25. The molecule has 1 aliphatic heterocycles. The lowest BCUT2D eigenvalue weighted by Crippen LogP contribution is -2.48. The topological polar surface area (TPSA) is 113 Å². The summed E-state index contributed by atoms with van der Waals surface area (Å²) in [6.07, 6.45) is 0.128. The Morgan fingerprint density at radius 2 is 1.37 bits per heavy atom. The van der Waals surface area contributed by atoms with Crippen LogP contribution >= 0.6 is 0 Å². The number of sulfonamides is 1. The third-order valence-electron chi connectivity index (χ3n) is 5.53. The highest BCUT2D eigenvalue weighted by atomic mass is 32.2. The van der Waals surface area contributed by atoms with Gasteiger partial charge in [-0.1, -0.05) is 42.5 Å². The molecule has 35 heavy (non-hydrogen) atoms. The molecule has 0 unspecified atom stereocenters. The van der Waals surface area contributed by atoms with E-state index in [-0.39, 0.29) is 28.5 Å². The average molecular weight is 492 g/mol. The van der Waals surface area contributed by atoms with Crippen LogP contribution in [0.2, 0.25) is 0 Å². The molecule has 0 radical (unpaired) electrons. The zero-order chi connectivity index (χ0) is 25.2. The Hall–Kier alpha value is -3.82. The molecule has 0 aliphatic carbocycles. The van der Waals surface area contributed by atoms with E-state index in [1.54, 1.807) is 38.1 Å². The third kappa shape index (κ3) is 5.16. The van der Waals surface area contributed by atoms with Gasteiger partial charge in [-0.25, -0.2) is 13.1 Å². The van der Waals surface area contributed by atoms with Gasteiger partial charge in [0.1, 0.15) is 6.04 Å². The minimum atomic E-state index is -3.68. The van der Waals surface area contributed by atoms with Gasteiger partial charge in [-0.3, -0.25) is 19.3 Å². The second kappa shape index (κ2) is 9.81. The van der Waals surface area contributed by atoms with Crippen molar-refractivity contribution >= 4 is 33.4 Å². The summed E-state index contributed by atoms with van der Waals surface area (Å²) in [6, 6.07) is 19.9. The lowest BCUT2D eigenvalue weighted by molar-refractivity contribution is -0.119. The maximum atomic E-state index is 13.4. The fourth-order valence-corrected chi connectivity index (χ4v) is 5.20. The Balaban J connectivity index is 1.60. The molecule has 0 aromatic heterocycles. The first-order chi connectivity index (χ1) is 16.7. The molecule has 4 rings (SSSR count). The van der Waals surface area contributed by atoms with Crippen LogP contribution in [0.1, 0.15) is 40.1 Å². The number of hydrogen-bond donors (Lipinski definition) is 2. The quantitative estimate of drug-likeness (QED) is 0.470. The summed E-state index contributed by atoms with van der Waals surface area (Å²) in [5.74, 6) is -1.61. The van der Waals surface area contributed by atoms with Crippen LogP contribution < -0.4 is 10.0 Å². The van der Waals surface area contributed by atoms with Gasteiger partial charge in [0.15, 0.2) is 0 Å². The van der Waals surface area contributed by atoms with Crippen molar-refractivity contribution < 1.29 is 22.8 Å². The standard InChI is InChI=1S/C26H25N3O5S/c1-17(2)28-35(33,34)20-14-12-19(13-15-20)27-24(30)23(16-18-8-4-3-5-9-18)29-25(31)21-10-6-7-11-22(21)26(29)32/h3-15,17,23,28H,16H2,1-2H3,(H,27,30)/t23-/m0/s1. The molecule has 1 heterocycles. The highest BCUT2D eigenvalue weighted by molar-refractivity contribution is 7.89. The molecule has 1 atom stereocenters. The van der Waals surface area contributed by atoms with Crippen molar-refractivity contribution in [1.29, 1.82) is 0 Å². The molecular weight excluding hydrogens is 466 g/mol. The molecular formula is C26H25N3O5S. The third-order valence-corrected chi connectivity index (χ3v) is 7.21. The summed E-state index contributed by atoms with van der Waals surface area (Å²) in [6.45, 7) is 3.44. The number of imide groups is 1. The smallest absolute Gasteiger partial charge is 0.262 e. The van der Waals surface area contributed by atoms with E-state index in [2.05, 4.69) is 10.0 Å². The maximum absolute atomic E-state index is 13.4. The summed E-state index contributed by atoms with van der Waals surface area (Å²) in [4.78, 5) is 40.6. The number of carbonyl (C=O) groups is 3. The predicted octanol–water partition coefficient (Wildman–Crippen LogP) is 3.22. The van der Waals surface area contributed by atoms with E-state index >= 15 is 0 Å². The van der Waals surface area contributed by atoms with Crippen LogP contribution in [0, 0.1) is 0 Å². The fraction of sp³-hybridized carbons (Fsp3) is 0.192. The summed E-state index contributed by atoms with van der Waals surface area (Å²) in [5, 5.41) is 2.73. The van der Waals surface area contributed by atoms with Crippen molar-refractivity contribution in [1.82, 2.24) is 9.62 Å². The summed E-state index contributed by atoms with van der Waals surface area (Å²) in [5.41, 5.74) is 1.64. The first-order valence-corrected chi connectivity index (χ1v) is 12.6. The number of nitrogens with one attached hydrogen (secondary N) is 2. The van der Waals surface area contributed by atoms with Crippen molar-refractivity contribution in [3.8, 4) is 0 Å². The lowest BCUT2D eigenvalue weighted by atomic mass is 10.0. The average Bonchev–Trinajstić information content (AvgIpc) is 3.08. The first kappa shape index (κ1) is 24.3. The molecule has 2 N–H and O–H groups in total. The minimum Gasteiger partial charge on any atom is -0.324 e. The van der Waals surface area contributed by atoms with Gasteiger partial charge < -0.3 is 5.32 Å². The van der Waals surface area contributed by atoms with Crippen LogP contribution in [-0.4, -0.2) is 43.1 Å². The van der Waals surface area contributed by atoms with Gasteiger partial charge >= 0.3 is 0 Å². The van der Waals surface area contributed by atoms with Crippen LogP contribution in [0.15, 0.2) is 83.8 Å².